The molecule has 0 aliphatic rings. The van der Waals surface area contributed by atoms with Crippen LogP contribution in [0.1, 0.15) is 11.3 Å². The molecule has 5 nitrogen and oxygen atoms in total. The van der Waals surface area contributed by atoms with E-state index in [9.17, 15) is 14.5 Å². The second kappa shape index (κ2) is 4.32. The molecule has 0 aliphatic heterocycles. The normalized spacial score (nSPS) is 10.5. The van der Waals surface area contributed by atoms with Crippen LogP contribution >= 0.6 is 0 Å². The number of aromatic nitrogens is 2. The van der Waals surface area contributed by atoms with E-state index in [1.807, 2.05) is 6.92 Å². The smallest absolute Gasteiger partial charge is 0.265 e. The van der Waals surface area contributed by atoms with Crippen molar-refractivity contribution in [3.05, 3.63) is 57.7 Å². The minimum atomic E-state index is -0.520. The molecule has 0 atom stereocenters. The fourth-order valence-electron chi connectivity index (χ4n) is 1.58. The Morgan fingerprint density at radius 1 is 1.47 bits per heavy atom. The van der Waals surface area contributed by atoms with Crippen molar-refractivity contribution in [2.45, 2.75) is 13.5 Å². The maximum atomic E-state index is 13.1. The summed E-state index contributed by atoms with van der Waals surface area (Å²) in [5.74, 6) is -0.490. The minimum Gasteiger partial charge on any atom is -0.265 e. The highest BCUT2D eigenvalue weighted by Gasteiger charge is 2.15. The molecule has 2 aromatic rings. The third-order valence-corrected chi connectivity index (χ3v) is 2.49. The predicted molar refractivity (Wildman–Crippen MR) is 59.1 cm³/mol. The van der Waals surface area contributed by atoms with Crippen molar-refractivity contribution in [3.63, 3.8) is 0 Å². The van der Waals surface area contributed by atoms with Crippen LogP contribution in [-0.4, -0.2) is 14.7 Å². The van der Waals surface area contributed by atoms with E-state index < -0.39 is 10.7 Å². The van der Waals surface area contributed by atoms with E-state index in [1.165, 1.54) is 12.1 Å². The standard InChI is InChI=1S/C11H10FN3O2/c1-8-4-5-13-14(8)7-9-6-10(12)2-3-11(9)15(16)17/h2-6H,7H2,1H3. The highest BCUT2D eigenvalue weighted by atomic mass is 19.1. The molecule has 0 N–H and O–H groups in total. The highest BCUT2D eigenvalue weighted by molar-refractivity contribution is 5.40. The van der Waals surface area contributed by atoms with Crippen LogP contribution in [0.4, 0.5) is 10.1 Å². The molecule has 0 unspecified atom stereocenters. The Labute approximate surface area is 96.6 Å². The Kier molecular flexibility index (Phi) is 2.86. The van der Waals surface area contributed by atoms with Crippen molar-refractivity contribution in [2.75, 3.05) is 0 Å². The van der Waals surface area contributed by atoms with E-state index >= 15 is 0 Å². The number of hydrogen-bond acceptors (Lipinski definition) is 3. The summed E-state index contributed by atoms with van der Waals surface area (Å²) >= 11 is 0. The van der Waals surface area contributed by atoms with Gasteiger partial charge in [-0.25, -0.2) is 4.39 Å². The maximum absolute atomic E-state index is 13.1. The van der Waals surface area contributed by atoms with E-state index in [4.69, 9.17) is 0 Å². The Morgan fingerprint density at radius 3 is 2.82 bits per heavy atom. The van der Waals surface area contributed by atoms with Gasteiger partial charge in [-0.2, -0.15) is 5.10 Å². The summed E-state index contributed by atoms with van der Waals surface area (Å²) in [5.41, 5.74) is 1.08. The lowest BCUT2D eigenvalue weighted by atomic mass is 10.1. The number of nitro benzene ring substituents is 1. The summed E-state index contributed by atoms with van der Waals surface area (Å²) in [6.45, 7) is 2.02. The van der Waals surface area contributed by atoms with Crippen molar-refractivity contribution < 1.29 is 9.31 Å². The molecule has 17 heavy (non-hydrogen) atoms. The van der Waals surface area contributed by atoms with Crippen molar-refractivity contribution in [2.24, 2.45) is 0 Å². The van der Waals surface area contributed by atoms with Crippen LogP contribution in [0, 0.1) is 22.9 Å². The van der Waals surface area contributed by atoms with Crippen LogP contribution in [0.5, 0.6) is 0 Å². The van der Waals surface area contributed by atoms with Crippen LogP contribution < -0.4 is 0 Å². The van der Waals surface area contributed by atoms with Crippen LogP contribution in [0.3, 0.4) is 0 Å². The largest absolute Gasteiger partial charge is 0.274 e. The molecule has 0 amide bonds. The van der Waals surface area contributed by atoms with Crippen LogP contribution in [0.15, 0.2) is 30.5 Å². The van der Waals surface area contributed by atoms with Gasteiger partial charge in [-0.05, 0) is 25.1 Å². The zero-order valence-electron chi connectivity index (χ0n) is 9.13. The molecule has 0 bridgehead atoms. The topological polar surface area (TPSA) is 61.0 Å². The van der Waals surface area contributed by atoms with Gasteiger partial charge < -0.3 is 0 Å². The van der Waals surface area contributed by atoms with E-state index in [2.05, 4.69) is 5.10 Å². The number of halogens is 1. The molecule has 0 aliphatic carbocycles. The molecule has 1 heterocycles. The number of hydrogen-bond donors (Lipinski definition) is 0. The summed E-state index contributed by atoms with van der Waals surface area (Å²) in [6.07, 6.45) is 1.60. The summed E-state index contributed by atoms with van der Waals surface area (Å²) in [6, 6.07) is 5.20. The van der Waals surface area contributed by atoms with Crippen molar-refractivity contribution in [3.8, 4) is 0 Å². The first-order valence-electron chi connectivity index (χ1n) is 4.99. The average Bonchev–Trinajstić information content (AvgIpc) is 2.64. The summed E-state index contributed by atoms with van der Waals surface area (Å²) < 4.78 is 14.7. The molecule has 1 aromatic carbocycles. The molecular formula is C11H10FN3O2. The van der Waals surface area contributed by atoms with Crippen LogP contribution in [0.25, 0.3) is 0 Å². The third kappa shape index (κ3) is 2.30. The van der Waals surface area contributed by atoms with Gasteiger partial charge in [0.05, 0.1) is 17.0 Å². The van der Waals surface area contributed by atoms with Gasteiger partial charge in [0.1, 0.15) is 5.82 Å². The monoisotopic (exact) mass is 235 g/mol. The second-order valence-corrected chi connectivity index (χ2v) is 3.66. The van der Waals surface area contributed by atoms with E-state index in [1.54, 1.807) is 16.9 Å². The summed E-state index contributed by atoms with van der Waals surface area (Å²) in [7, 11) is 0. The number of nitrogens with zero attached hydrogens (tertiary/aromatic N) is 3. The van der Waals surface area contributed by atoms with E-state index in [-0.39, 0.29) is 12.2 Å². The second-order valence-electron chi connectivity index (χ2n) is 3.66. The van der Waals surface area contributed by atoms with Crippen molar-refractivity contribution >= 4 is 5.69 Å². The molecule has 0 radical (unpaired) electrons. The van der Waals surface area contributed by atoms with Gasteiger partial charge in [0, 0.05) is 18.0 Å². The molecule has 6 heteroatoms. The SMILES string of the molecule is Cc1ccnn1Cc1cc(F)ccc1[N+](=O)[O-]. The molecular weight excluding hydrogens is 225 g/mol. The lowest BCUT2D eigenvalue weighted by molar-refractivity contribution is -0.385. The maximum Gasteiger partial charge on any atom is 0.274 e. The first kappa shape index (κ1) is 11.3. The Hall–Kier alpha value is -2.24. The van der Waals surface area contributed by atoms with Crippen LogP contribution in [0.2, 0.25) is 0 Å². The van der Waals surface area contributed by atoms with Gasteiger partial charge in [-0.1, -0.05) is 0 Å². The quantitative estimate of drug-likeness (QED) is 0.605. The lowest BCUT2D eigenvalue weighted by Gasteiger charge is -2.05. The van der Waals surface area contributed by atoms with Gasteiger partial charge in [0.2, 0.25) is 0 Å². The highest BCUT2D eigenvalue weighted by Crippen LogP contribution is 2.20. The van der Waals surface area contributed by atoms with Crippen molar-refractivity contribution in [1.29, 1.82) is 0 Å². The first-order valence-corrected chi connectivity index (χ1v) is 4.99. The molecule has 88 valence electrons. The van der Waals surface area contributed by atoms with Crippen molar-refractivity contribution in [1.82, 2.24) is 9.78 Å². The molecule has 2 rings (SSSR count). The molecule has 0 spiro atoms. The molecule has 0 saturated carbocycles. The number of rotatable bonds is 3. The Balaban J connectivity index is 2.41. The number of nitro groups is 1. The number of benzene rings is 1. The molecule has 1 aromatic heterocycles. The van der Waals surface area contributed by atoms with Gasteiger partial charge in [0.25, 0.3) is 5.69 Å². The van der Waals surface area contributed by atoms with Crippen LogP contribution in [-0.2, 0) is 6.54 Å². The summed E-state index contributed by atoms with van der Waals surface area (Å²) in [4.78, 5) is 10.3. The Morgan fingerprint density at radius 2 is 2.24 bits per heavy atom. The Bertz CT molecular complexity index is 566. The van der Waals surface area contributed by atoms with Gasteiger partial charge in [-0.3, -0.25) is 14.8 Å². The number of aryl methyl sites for hydroxylation is 1. The lowest BCUT2D eigenvalue weighted by Crippen LogP contribution is -2.06. The van der Waals surface area contributed by atoms with E-state index in [0.29, 0.717) is 5.56 Å². The minimum absolute atomic E-state index is 0.0960. The average molecular weight is 235 g/mol. The fraction of sp³-hybridized carbons (Fsp3) is 0.182. The van der Waals surface area contributed by atoms with E-state index in [0.717, 1.165) is 11.8 Å². The molecule has 0 fully saturated rings. The van der Waals surface area contributed by atoms with Gasteiger partial charge >= 0.3 is 0 Å². The van der Waals surface area contributed by atoms with Gasteiger partial charge in [-0.15, -0.1) is 0 Å². The summed E-state index contributed by atoms with van der Waals surface area (Å²) in [5, 5.41) is 14.8. The zero-order chi connectivity index (χ0) is 12.4. The third-order valence-electron chi connectivity index (χ3n) is 2.49. The van der Waals surface area contributed by atoms with Gasteiger partial charge in [0.15, 0.2) is 0 Å². The molecule has 0 saturated heterocycles. The first-order chi connectivity index (χ1) is 8.08. The fourth-order valence-corrected chi connectivity index (χ4v) is 1.58. The zero-order valence-corrected chi connectivity index (χ0v) is 9.13. The predicted octanol–water partition coefficient (Wildman–Crippen LogP) is 2.29.